The van der Waals surface area contributed by atoms with Gasteiger partial charge < -0.3 is 29.1 Å². The number of nitrogens with zero attached hydrogens (tertiary/aromatic N) is 2. The Labute approximate surface area is 222 Å². The summed E-state index contributed by atoms with van der Waals surface area (Å²) in [6.45, 7) is 6.35. The Kier molecular flexibility index (Phi) is 6.84. The zero-order valence-corrected chi connectivity index (χ0v) is 22.1. The Morgan fingerprint density at radius 3 is 2.43 bits per heavy atom. The van der Waals surface area contributed by atoms with Crippen LogP contribution in [0.15, 0.2) is 46.9 Å². The van der Waals surface area contributed by atoms with Gasteiger partial charge in [-0.2, -0.15) is 0 Å². The SMILES string of the molecule is CCCOc1ccc(-c2nnc(-c3ccc4oc(C5(NC(=O)O)COC(C)(C)OC5)cc4c3)s2)cc1Cl. The number of fused-ring (bicyclic) bond motifs is 1. The summed E-state index contributed by atoms with van der Waals surface area (Å²) in [6.07, 6.45) is -0.295. The van der Waals surface area contributed by atoms with Crippen molar-refractivity contribution in [2.45, 2.75) is 38.5 Å². The summed E-state index contributed by atoms with van der Waals surface area (Å²) >= 11 is 7.83. The number of ether oxygens (including phenoxy) is 3. The number of halogens is 1. The number of benzene rings is 2. The quantitative estimate of drug-likeness (QED) is 0.279. The van der Waals surface area contributed by atoms with Crippen molar-refractivity contribution in [3.63, 3.8) is 0 Å². The van der Waals surface area contributed by atoms with Crippen molar-refractivity contribution in [2.75, 3.05) is 19.8 Å². The highest BCUT2D eigenvalue weighted by Gasteiger charge is 2.45. The minimum Gasteiger partial charge on any atom is -0.492 e. The number of hydrogen-bond acceptors (Lipinski definition) is 8. The molecule has 37 heavy (non-hydrogen) atoms. The molecular weight excluding hydrogens is 518 g/mol. The van der Waals surface area contributed by atoms with E-state index in [0.29, 0.717) is 28.7 Å². The lowest BCUT2D eigenvalue weighted by Gasteiger charge is -2.41. The van der Waals surface area contributed by atoms with Crippen LogP contribution in [0.5, 0.6) is 5.75 Å². The van der Waals surface area contributed by atoms with Gasteiger partial charge in [-0.3, -0.25) is 0 Å². The van der Waals surface area contributed by atoms with E-state index in [1.807, 2.05) is 43.3 Å². The lowest BCUT2D eigenvalue weighted by atomic mass is 9.96. The van der Waals surface area contributed by atoms with E-state index in [9.17, 15) is 9.90 Å². The summed E-state index contributed by atoms with van der Waals surface area (Å²) in [6, 6.07) is 13.0. The number of nitrogens with one attached hydrogen (secondary N) is 1. The number of carbonyl (C=O) groups is 1. The second-order valence-corrected chi connectivity index (χ2v) is 10.6. The Balaban J connectivity index is 1.42. The third kappa shape index (κ3) is 5.28. The summed E-state index contributed by atoms with van der Waals surface area (Å²) in [4.78, 5) is 11.6. The zero-order chi connectivity index (χ0) is 26.2. The zero-order valence-electron chi connectivity index (χ0n) is 20.5. The van der Waals surface area contributed by atoms with E-state index in [0.717, 1.165) is 32.9 Å². The van der Waals surface area contributed by atoms with Crippen LogP contribution < -0.4 is 10.1 Å². The van der Waals surface area contributed by atoms with E-state index < -0.39 is 17.4 Å². The maximum atomic E-state index is 11.6. The molecule has 0 aliphatic carbocycles. The van der Waals surface area contributed by atoms with Crippen molar-refractivity contribution in [2.24, 2.45) is 0 Å². The second-order valence-electron chi connectivity index (χ2n) is 9.26. The average molecular weight is 544 g/mol. The topological polar surface area (TPSA) is 116 Å². The van der Waals surface area contributed by atoms with Crippen LogP contribution in [0.2, 0.25) is 5.02 Å². The number of amides is 1. The van der Waals surface area contributed by atoms with Gasteiger partial charge in [0.2, 0.25) is 0 Å². The molecule has 5 rings (SSSR count). The summed E-state index contributed by atoms with van der Waals surface area (Å²) in [5, 5.41) is 23.5. The van der Waals surface area contributed by atoms with Gasteiger partial charge in [-0.15, -0.1) is 10.2 Å². The molecule has 0 bridgehead atoms. The first-order valence-corrected chi connectivity index (χ1v) is 13.0. The Hall–Kier alpha value is -3.18. The van der Waals surface area contributed by atoms with Gasteiger partial charge in [0.25, 0.3) is 0 Å². The first-order valence-electron chi connectivity index (χ1n) is 11.8. The molecule has 0 saturated carbocycles. The summed E-state index contributed by atoms with van der Waals surface area (Å²) < 4.78 is 23.2. The first kappa shape index (κ1) is 25.5. The van der Waals surface area contributed by atoms with Crippen LogP contribution in [-0.2, 0) is 15.0 Å². The average Bonchev–Trinajstić information content (AvgIpc) is 3.52. The van der Waals surface area contributed by atoms with E-state index in [4.69, 9.17) is 30.2 Å². The second kappa shape index (κ2) is 9.94. The maximum Gasteiger partial charge on any atom is 0.405 e. The molecule has 1 aliphatic rings. The molecule has 2 aromatic heterocycles. The lowest BCUT2D eigenvalue weighted by Crippen LogP contribution is -2.58. The van der Waals surface area contributed by atoms with E-state index in [1.165, 1.54) is 11.3 Å². The predicted molar refractivity (Wildman–Crippen MR) is 140 cm³/mol. The van der Waals surface area contributed by atoms with Gasteiger partial charge in [-0.1, -0.05) is 29.9 Å². The molecule has 1 saturated heterocycles. The van der Waals surface area contributed by atoms with E-state index >= 15 is 0 Å². The largest absolute Gasteiger partial charge is 0.492 e. The minimum atomic E-state index is -1.19. The van der Waals surface area contributed by atoms with Gasteiger partial charge in [0.1, 0.15) is 32.6 Å². The highest BCUT2D eigenvalue weighted by molar-refractivity contribution is 7.17. The molecule has 3 heterocycles. The molecule has 11 heteroatoms. The van der Waals surface area contributed by atoms with Crippen molar-refractivity contribution >= 4 is 40.0 Å². The van der Waals surface area contributed by atoms with Crippen molar-refractivity contribution < 1.29 is 28.5 Å². The fourth-order valence-corrected chi connectivity index (χ4v) is 5.06. The fourth-order valence-electron chi connectivity index (χ4n) is 3.99. The van der Waals surface area contributed by atoms with Crippen LogP contribution in [0.1, 0.15) is 33.0 Å². The normalized spacial score (nSPS) is 16.5. The minimum absolute atomic E-state index is 0.0730. The lowest BCUT2D eigenvalue weighted by molar-refractivity contribution is -0.274. The van der Waals surface area contributed by atoms with Gasteiger partial charge in [-0.25, -0.2) is 4.79 Å². The highest BCUT2D eigenvalue weighted by atomic mass is 35.5. The molecule has 2 aromatic carbocycles. The molecule has 0 radical (unpaired) electrons. The van der Waals surface area contributed by atoms with Crippen LogP contribution in [0.3, 0.4) is 0 Å². The monoisotopic (exact) mass is 543 g/mol. The Morgan fingerprint density at radius 1 is 1.11 bits per heavy atom. The maximum absolute atomic E-state index is 11.6. The summed E-state index contributed by atoms with van der Waals surface area (Å²) in [5.41, 5.74) is 1.15. The van der Waals surface area contributed by atoms with E-state index in [2.05, 4.69) is 15.5 Å². The smallest absolute Gasteiger partial charge is 0.405 e. The molecule has 0 unspecified atom stereocenters. The van der Waals surface area contributed by atoms with Crippen molar-refractivity contribution in [1.82, 2.24) is 15.5 Å². The third-order valence-electron chi connectivity index (χ3n) is 5.98. The van der Waals surface area contributed by atoms with E-state index in [1.54, 1.807) is 19.9 Å². The number of hydrogen-bond donors (Lipinski definition) is 2. The van der Waals surface area contributed by atoms with Crippen LogP contribution in [0.4, 0.5) is 4.79 Å². The van der Waals surface area contributed by atoms with Crippen LogP contribution >= 0.6 is 22.9 Å². The fraction of sp³-hybridized carbons (Fsp3) is 0.346. The summed E-state index contributed by atoms with van der Waals surface area (Å²) in [5.74, 6) is 0.243. The molecule has 1 fully saturated rings. The molecule has 194 valence electrons. The summed E-state index contributed by atoms with van der Waals surface area (Å²) in [7, 11) is 0. The molecule has 1 aliphatic heterocycles. The van der Waals surface area contributed by atoms with Crippen LogP contribution in [0, 0.1) is 0 Å². The van der Waals surface area contributed by atoms with Gasteiger partial charge in [0.15, 0.2) is 5.79 Å². The molecule has 1 amide bonds. The Morgan fingerprint density at radius 2 is 1.78 bits per heavy atom. The molecule has 0 atom stereocenters. The highest BCUT2D eigenvalue weighted by Crippen LogP contribution is 2.38. The van der Waals surface area contributed by atoms with Gasteiger partial charge >= 0.3 is 6.09 Å². The van der Waals surface area contributed by atoms with Gasteiger partial charge in [0, 0.05) is 16.5 Å². The molecule has 0 spiro atoms. The predicted octanol–water partition coefficient (Wildman–Crippen LogP) is 6.31. The van der Waals surface area contributed by atoms with Crippen molar-refractivity contribution in [3.05, 3.63) is 53.2 Å². The first-order chi connectivity index (χ1) is 17.7. The van der Waals surface area contributed by atoms with Crippen molar-refractivity contribution in [3.8, 4) is 26.9 Å². The molecule has 9 nitrogen and oxygen atoms in total. The van der Waals surface area contributed by atoms with Gasteiger partial charge in [0.05, 0.1) is 24.8 Å². The van der Waals surface area contributed by atoms with Crippen LogP contribution in [-0.4, -0.2) is 47.0 Å². The molecule has 4 aromatic rings. The number of aromatic nitrogens is 2. The standard InChI is InChI=1S/C26H26ClN3O6S/c1-4-9-33-20-8-6-16(11-18(20)27)23-30-29-22(37-23)15-5-7-19-17(10-15)12-21(36-19)26(28-24(31)32)13-34-25(2,3)35-14-26/h5-8,10-12,28H,4,9,13-14H2,1-3H3,(H,31,32). The number of rotatable bonds is 7. The molecule has 2 N–H and O–H groups in total. The number of carboxylic acid groups (broad SMARTS) is 1. The van der Waals surface area contributed by atoms with Gasteiger partial charge in [-0.05, 0) is 62.7 Å². The van der Waals surface area contributed by atoms with Crippen LogP contribution in [0.25, 0.3) is 32.1 Å². The number of furan rings is 1. The van der Waals surface area contributed by atoms with Crippen molar-refractivity contribution in [1.29, 1.82) is 0 Å². The Bertz CT molecular complexity index is 1440. The van der Waals surface area contributed by atoms with E-state index in [-0.39, 0.29) is 13.2 Å². The molecular formula is C26H26ClN3O6S. The third-order valence-corrected chi connectivity index (χ3v) is 7.30.